The number of hydrogen-bond donors (Lipinski definition) is 1. The minimum absolute atomic E-state index is 0.0606. The normalized spacial score (nSPS) is 10.5. The molecule has 3 rings (SSSR count). The molecule has 0 saturated carbocycles. The predicted molar refractivity (Wildman–Crippen MR) is 87.1 cm³/mol. The number of amides is 1. The molecule has 1 N–H and O–H groups in total. The lowest BCUT2D eigenvalue weighted by atomic mass is 10.1. The lowest BCUT2D eigenvalue weighted by molar-refractivity contribution is 0.0917. The number of nitrogens with zero attached hydrogens (tertiary/aromatic N) is 2. The van der Waals surface area contributed by atoms with Crippen molar-refractivity contribution < 1.29 is 9.21 Å². The zero-order valence-electron chi connectivity index (χ0n) is 12.4. The molecular formula is C17H14ClN3O2. The van der Waals surface area contributed by atoms with Gasteiger partial charge in [0.2, 0.25) is 5.89 Å². The van der Waals surface area contributed by atoms with Gasteiger partial charge in [-0.3, -0.25) is 4.79 Å². The van der Waals surface area contributed by atoms with Gasteiger partial charge in [-0.1, -0.05) is 41.4 Å². The fourth-order valence-electron chi connectivity index (χ4n) is 1.99. The van der Waals surface area contributed by atoms with Gasteiger partial charge >= 0.3 is 11.8 Å². The third kappa shape index (κ3) is 3.76. The Labute approximate surface area is 138 Å². The number of hydrogen-bond acceptors (Lipinski definition) is 4. The second-order valence-corrected chi connectivity index (χ2v) is 5.52. The maximum absolute atomic E-state index is 12.1. The largest absolute Gasteiger partial charge is 0.412 e. The van der Waals surface area contributed by atoms with Crippen LogP contribution in [0.15, 0.2) is 52.9 Å². The van der Waals surface area contributed by atoms with Crippen LogP contribution in [0.1, 0.15) is 21.8 Å². The minimum atomic E-state index is -0.411. The minimum Gasteiger partial charge on any atom is -0.412 e. The van der Waals surface area contributed by atoms with Gasteiger partial charge in [-0.25, -0.2) is 0 Å². The second-order valence-electron chi connectivity index (χ2n) is 5.09. The van der Waals surface area contributed by atoms with Crippen molar-refractivity contribution in [3.8, 4) is 11.5 Å². The van der Waals surface area contributed by atoms with Gasteiger partial charge in [0.15, 0.2) is 0 Å². The van der Waals surface area contributed by atoms with E-state index in [1.165, 1.54) is 0 Å². The molecule has 6 heteroatoms. The zero-order chi connectivity index (χ0) is 16.2. The molecule has 23 heavy (non-hydrogen) atoms. The molecule has 3 aromatic rings. The Morgan fingerprint density at radius 2 is 1.78 bits per heavy atom. The van der Waals surface area contributed by atoms with Gasteiger partial charge in [0.25, 0.3) is 0 Å². The highest BCUT2D eigenvalue weighted by molar-refractivity contribution is 6.30. The van der Waals surface area contributed by atoms with Crippen molar-refractivity contribution in [2.75, 3.05) is 0 Å². The lowest BCUT2D eigenvalue weighted by Gasteiger charge is -2.02. The molecule has 116 valence electrons. The summed E-state index contributed by atoms with van der Waals surface area (Å²) < 4.78 is 5.42. The number of aromatic nitrogens is 2. The van der Waals surface area contributed by atoms with Crippen LogP contribution in [0.4, 0.5) is 0 Å². The first-order chi connectivity index (χ1) is 11.1. The van der Waals surface area contributed by atoms with Gasteiger partial charge < -0.3 is 9.73 Å². The van der Waals surface area contributed by atoms with E-state index in [1.807, 2.05) is 43.3 Å². The van der Waals surface area contributed by atoms with Crippen molar-refractivity contribution in [1.29, 1.82) is 0 Å². The number of aryl methyl sites for hydroxylation is 1. The molecule has 0 unspecified atom stereocenters. The van der Waals surface area contributed by atoms with E-state index < -0.39 is 5.91 Å². The van der Waals surface area contributed by atoms with E-state index in [4.69, 9.17) is 16.0 Å². The Balaban J connectivity index is 1.66. The van der Waals surface area contributed by atoms with Crippen LogP contribution >= 0.6 is 11.6 Å². The molecule has 0 aliphatic heterocycles. The predicted octanol–water partition coefficient (Wildman–Crippen LogP) is 3.63. The van der Waals surface area contributed by atoms with E-state index in [-0.39, 0.29) is 5.89 Å². The molecule has 0 radical (unpaired) electrons. The van der Waals surface area contributed by atoms with Crippen LogP contribution in [0.25, 0.3) is 11.5 Å². The van der Waals surface area contributed by atoms with E-state index in [0.717, 1.165) is 16.7 Å². The number of halogens is 1. The summed E-state index contributed by atoms with van der Waals surface area (Å²) in [6.07, 6.45) is 0. The van der Waals surface area contributed by atoms with Gasteiger partial charge in [-0.05, 0) is 36.8 Å². The molecule has 0 aliphatic rings. The summed E-state index contributed by atoms with van der Waals surface area (Å²) in [4.78, 5) is 12.1. The highest BCUT2D eigenvalue weighted by atomic mass is 35.5. The first-order valence-electron chi connectivity index (χ1n) is 7.05. The standard InChI is InChI=1S/C17H14ClN3O2/c1-11-2-6-13(7-3-11)16-20-21-17(23-16)15(22)19-10-12-4-8-14(18)9-5-12/h2-9H,10H2,1H3,(H,19,22). The molecule has 1 heterocycles. The zero-order valence-corrected chi connectivity index (χ0v) is 13.2. The van der Waals surface area contributed by atoms with E-state index >= 15 is 0 Å². The van der Waals surface area contributed by atoms with Crippen LogP contribution in [0, 0.1) is 6.92 Å². The Morgan fingerprint density at radius 3 is 2.48 bits per heavy atom. The van der Waals surface area contributed by atoms with Gasteiger partial charge in [-0.2, -0.15) is 0 Å². The summed E-state index contributed by atoms with van der Waals surface area (Å²) in [5.41, 5.74) is 2.84. The summed E-state index contributed by atoms with van der Waals surface area (Å²) in [6, 6.07) is 14.9. The van der Waals surface area contributed by atoms with E-state index in [2.05, 4.69) is 15.5 Å². The van der Waals surface area contributed by atoms with Gasteiger partial charge in [0.05, 0.1) is 0 Å². The van der Waals surface area contributed by atoms with Crippen molar-refractivity contribution in [3.05, 3.63) is 70.6 Å². The second kappa shape index (κ2) is 6.62. The molecule has 1 aromatic heterocycles. The van der Waals surface area contributed by atoms with Crippen molar-refractivity contribution in [2.45, 2.75) is 13.5 Å². The molecule has 0 aliphatic carbocycles. The highest BCUT2D eigenvalue weighted by Crippen LogP contribution is 2.18. The summed E-state index contributed by atoms with van der Waals surface area (Å²) >= 11 is 5.82. The SMILES string of the molecule is Cc1ccc(-c2nnc(C(=O)NCc3ccc(Cl)cc3)o2)cc1. The summed E-state index contributed by atoms with van der Waals surface area (Å²) in [5.74, 6) is -0.151. The molecule has 0 fully saturated rings. The Bertz CT molecular complexity index is 811. The summed E-state index contributed by atoms with van der Waals surface area (Å²) in [7, 11) is 0. The van der Waals surface area contributed by atoms with Gasteiger partial charge in [-0.15, -0.1) is 10.2 Å². The molecule has 5 nitrogen and oxygen atoms in total. The first-order valence-corrected chi connectivity index (χ1v) is 7.43. The number of benzene rings is 2. The van der Waals surface area contributed by atoms with Crippen LogP contribution in [-0.4, -0.2) is 16.1 Å². The van der Waals surface area contributed by atoms with Crippen LogP contribution in [0.5, 0.6) is 0 Å². The lowest BCUT2D eigenvalue weighted by Crippen LogP contribution is -2.23. The number of carbonyl (C=O) groups is 1. The topological polar surface area (TPSA) is 68.0 Å². The monoisotopic (exact) mass is 327 g/mol. The third-order valence-corrected chi connectivity index (χ3v) is 3.54. The Kier molecular flexibility index (Phi) is 4.39. The van der Waals surface area contributed by atoms with Crippen LogP contribution in [-0.2, 0) is 6.54 Å². The molecule has 0 bridgehead atoms. The summed E-state index contributed by atoms with van der Waals surface area (Å²) in [6.45, 7) is 2.35. The van der Waals surface area contributed by atoms with E-state index in [1.54, 1.807) is 12.1 Å². The van der Waals surface area contributed by atoms with Gasteiger partial charge in [0, 0.05) is 17.1 Å². The first kappa shape index (κ1) is 15.2. The van der Waals surface area contributed by atoms with Crippen LogP contribution in [0.3, 0.4) is 0 Å². The average Bonchev–Trinajstić information content (AvgIpc) is 3.05. The molecule has 0 spiro atoms. The molecular weight excluding hydrogens is 314 g/mol. The molecule has 2 aromatic carbocycles. The Morgan fingerprint density at radius 1 is 1.09 bits per heavy atom. The fourth-order valence-corrected chi connectivity index (χ4v) is 2.11. The number of nitrogens with one attached hydrogen (secondary N) is 1. The highest BCUT2D eigenvalue weighted by Gasteiger charge is 2.15. The van der Waals surface area contributed by atoms with E-state index in [9.17, 15) is 4.79 Å². The third-order valence-electron chi connectivity index (χ3n) is 3.28. The number of rotatable bonds is 4. The van der Waals surface area contributed by atoms with Crippen LogP contribution in [0.2, 0.25) is 5.02 Å². The quantitative estimate of drug-likeness (QED) is 0.794. The maximum atomic E-state index is 12.1. The molecule has 0 saturated heterocycles. The van der Waals surface area contributed by atoms with Crippen molar-refractivity contribution in [1.82, 2.24) is 15.5 Å². The Hall–Kier alpha value is -2.66. The summed E-state index contributed by atoms with van der Waals surface area (Å²) in [5, 5.41) is 11.1. The van der Waals surface area contributed by atoms with Gasteiger partial charge in [0.1, 0.15) is 0 Å². The fraction of sp³-hybridized carbons (Fsp3) is 0.118. The van der Waals surface area contributed by atoms with Crippen LogP contribution < -0.4 is 5.32 Å². The molecule has 0 atom stereocenters. The number of carbonyl (C=O) groups excluding carboxylic acids is 1. The van der Waals surface area contributed by atoms with Crippen molar-refractivity contribution >= 4 is 17.5 Å². The smallest absolute Gasteiger partial charge is 0.309 e. The molecule has 1 amide bonds. The van der Waals surface area contributed by atoms with Crippen molar-refractivity contribution in [2.24, 2.45) is 0 Å². The average molecular weight is 328 g/mol. The maximum Gasteiger partial charge on any atom is 0.309 e. The van der Waals surface area contributed by atoms with Crippen molar-refractivity contribution in [3.63, 3.8) is 0 Å². The van der Waals surface area contributed by atoms with E-state index in [0.29, 0.717) is 17.5 Å².